The first-order valence-electron chi connectivity index (χ1n) is 12.6. The van der Waals surface area contributed by atoms with E-state index in [1.54, 1.807) is 0 Å². The Morgan fingerprint density at radius 1 is 1.03 bits per heavy atom. The van der Waals surface area contributed by atoms with Crippen LogP contribution in [0.25, 0.3) is 0 Å². The Hall–Kier alpha value is -0.780. The smallest absolute Gasteiger partial charge is 0.261 e. The number of likely N-dealkylation sites (tertiary alicyclic amines) is 1. The second-order valence-corrected chi connectivity index (χ2v) is 12.9. The highest BCUT2D eigenvalue weighted by Crippen LogP contribution is 2.63. The Balaban J connectivity index is 0.000000416. The molecule has 188 valence electrons. The van der Waals surface area contributed by atoms with Crippen LogP contribution in [-0.4, -0.2) is 60.7 Å². The number of carbonyl (C=O) groups excluding carboxylic acids is 1. The van der Waals surface area contributed by atoms with Crippen LogP contribution in [0, 0.1) is 29.6 Å². The van der Waals surface area contributed by atoms with E-state index in [0.29, 0.717) is 30.4 Å². The first-order valence-corrected chi connectivity index (χ1v) is 14.4. The van der Waals surface area contributed by atoms with Crippen molar-refractivity contribution in [1.82, 2.24) is 4.90 Å². The lowest BCUT2D eigenvalue weighted by Crippen LogP contribution is -2.59. The van der Waals surface area contributed by atoms with Crippen LogP contribution < -0.4 is 5.73 Å². The highest BCUT2D eigenvalue weighted by Gasteiger charge is 2.66. The van der Waals surface area contributed by atoms with Crippen molar-refractivity contribution >= 4 is 16.0 Å². The third-order valence-corrected chi connectivity index (χ3v) is 8.85. The van der Waals surface area contributed by atoms with Crippen LogP contribution in [0.1, 0.15) is 70.6 Å². The van der Waals surface area contributed by atoms with Crippen LogP contribution in [0.5, 0.6) is 0 Å². The fourth-order valence-corrected chi connectivity index (χ4v) is 7.51. The number of nitrogens with zero attached hydrogens (tertiary/aromatic N) is 1. The van der Waals surface area contributed by atoms with Gasteiger partial charge in [0, 0.05) is 50.2 Å². The minimum atomic E-state index is -3.67. The van der Waals surface area contributed by atoms with Crippen LogP contribution in [0.3, 0.4) is 0 Å². The monoisotopic (exact) mass is 486 g/mol. The van der Waals surface area contributed by atoms with Gasteiger partial charge in [0.25, 0.3) is 10.1 Å². The SMILES string of the molecule is CS(=O)(=O)O.N[C@H]1CCN(C(=O)CC2CCC3(CC2)OOC2(O3)C3CC4CC(C3)CC2C4)C1. The fraction of sp³-hybridized carbons (Fsp3) is 0.957. The molecule has 10 heteroatoms. The van der Waals surface area contributed by atoms with Gasteiger partial charge >= 0.3 is 0 Å². The molecule has 2 saturated heterocycles. The maximum absolute atomic E-state index is 12.6. The summed E-state index contributed by atoms with van der Waals surface area (Å²) in [6.45, 7) is 1.55. The molecule has 3 N–H and O–H groups in total. The van der Waals surface area contributed by atoms with Gasteiger partial charge in [-0.05, 0) is 69.1 Å². The number of amides is 1. The predicted molar refractivity (Wildman–Crippen MR) is 119 cm³/mol. The zero-order valence-corrected chi connectivity index (χ0v) is 20.3. The van der Waals surface area contributed by atoms with Crippen molar-refractivity contribution in [3.8, 4) is 0 Å². The first-order chi connectivity index (χ1) is 15.5. The van der Waals surface area contributed by atoms with Crippen molar-refractivity contribution in [3.63, 3.8) is 0 Å². The molecule has 2 spiro atoms. The van der Waals surface area contributed by atoms with Gasteiger partial charge < -0.3 is 15.4 Å². The van der Waals surface area contributed by atoms with Gasteiger partial charge in [-0.3, -0.25) is 9.35 Å². The summed E-state index contributed by atoms with van der Waals surface area (Å²) in [5.41, 5.74) is 5.95. The van der Waals surface area contributed by atoms with E-state index in [9.17, 15) is 13.2 Å². The maximum Gasteiger partial charge on any atom is 0.261 e. The standard InChI is InChI=1S/C22H34N2O4.CH4O3S/c23-19-3-6-24(13-19)20(25)12-14-1-4-21(5-2-14)26-22(28-27-21)17-8-15-7-16(10-17)11-18(22)9-15;1-5(2,3)4/h14-19H,1-13,23H2;1H3,(H,2,3,4)/t14?,15?,16?,17?,18?,19-,21?,22?;/m0./s1. The summed E-state index contributed by atoms with van der Waals surface area (Å²) < 4.78 is 32.6. The Bertz CT molecular complexity index is 819. The maximum atomic E-state index is 12.6. The average molecular weight is 487 g/mol. The Morgan fingerprint density at radius 3 is 2.12 bits per heavy atom. The second kappa shape index (κ2) is 8.71. The van der Waals surface area contributed by atoms with Gasteiger partial charge in [0.1, 0.15) is 0 Å². The molecule has 0 unspecified atom stereocenters. The minimum Gasteiger partial charge on any atom is -0.341 e. The van der Waals surface area contributed by atoms with Gasteiger partial charge in [-0.2, -0.15) is 18.2 Å². The average Bonchev–Trinajstić information content (AvgIpc) is 3.32. The normalized spacial score (nSPS) is 46.1. The first kappa shape index (κ1) is 23.9. The third-order valence-electron chi connectivity index (χ3n) is 8.85. The summed E-state index contributed by atoms with van der Waals surface area (Å²) >= 11 is 0. The van der Waals surface area contributed by atoms with Gasteiger partial charge in [0.05, 0.1) is 6.26 Å². The van der Waals surface area contributed by atoms with E-state index in [-0.39, 0.29) is 11.9 Å². The molecule has 5 aliphatic carbocycles. The molecule has 0 aromatic heterocycles. The van der Waals surface area contributed by atoms with Crippen molar-refractivity contribution in [3.05, 3.63) is 0 Å². The number of ether oxygens (including phenoxy) is 1. The molecule has 4 bridgehead atoms. The third kappa shape index (κ3) is 4.97. The molecule has 0 aromatic carbocycles. The van der Waals surface area contributed by atoms with E-state index in [4.69, 9.17) is 24.8 Å². The molecule has 1 atom stereocenters. The van der Waals surface area contributed by atoms with Crippen molar-refractivity contribution in [2.45, 2.75) is 88.2 Å². The molecule has 7 fully saturated rings. The van der Waals surface area contributed by atoms with E-state index in [0.717, 1.165) is 57.0 Å². The lowest BCUT2D eigenvalue weighted by molar-refractivity contribution is -0.390. The topological polar surface area (TPSA) is 128 Å². The predicted octanol–water partition coefficient (Wildman–Crippen LogP) is 2.46. The Kier molecular flexibility index (Phi) is 6.32. The van der Waals surface area contributed by atoms with Crippen molar-refractivity contribution in [1.29, 1.82) is 0 Å². The lowest BCUT2D eigenvalue weighted by atomic mass is 9.53. The highest BCUT2D eigenvalue weighted by atomic mass is 32.2. The number of hydrogen-bond donors (Lipinski definition) is 2. The molecule has 2 aliphatic heterocycles. The number of carbonyl (C=O) groups is 1. The molecule has 9 nitrogen and oxygen atoms in total. The van der Waals surface area contributed by atoms with Crippen LogP contribution in [-0.2, 0) is 29.4 Å². The van der Waals surface area contributed by atoms with E-state index in [2.05, 4.69) is 0 Å². The van der Waals surface area contributed by atoms with Crippen molar-refractivity contribution < 1.29 is 32.3 Å². The van der Waals surface area contributed by atoms with Crippen molar-refractivity contribution in [2.24, 2.45) is 35.3 Å². The Labute approximate surface area is 196 Å². The highest BCUT2D eigenvalue weighted by molar-refractivity contribution is 7.85. The van der Waals surface area contributed by atoms with Crippen molar-refractivity contribution in [2.75, 3.05) is 19.3 Å². The van der Waals surface area contributed by atoms with E-state index >= 15 is 0 Å². The summed E-state index contributed by atoms with van der Waals surface area (Å²) in [7, 11) is -3.67. The quantitative estimate of drug-likeness (QED) is 0.450. The number of rotatable bonds is 2. The molecule has 1 amide bonds. The Morgan fingerprint density at radius 2 is 1.61 bits per heavy atom. The molecular formula is C23H38N2O7S. The van der Waals surface area contributed by atoms with Gasteiger partial charge in [0.2, 0.25) is 17.5 Å². The lowest BCUT2D eigenvalue weighted by Gasteiger charge is -2.57. The van der Waals surface area contributed by atoms with Crippen LogP contribution in [0.15, 0.2) is 0 Å². The van der Waals surface area contributed by atoms with Crippen LogP contribution in [0.4, 0.5) is 0 Å². The second-order valence-electron chi connectivity index (χ2n) is 11.5. The fourth-order valence-electron chi connectivity index (χ4n) is 7.51. The van der Waals surface area contributed by atoms with Gasteiger partial charge in [-0.15, -0.1) is 0 Å². The molecule has 2 heterocycles. The summed E-state index contributed by atoms with van der Waals surface area (Å²) in [6, 6.07) is 0.160. The zero-order chi connectivity index (χ0) is 23.4. The number of hydrogen-bond acceptors (Lipinski definition) is 7. The molecule has 5 saturated carbocycles. The van der Waals surface area contributed by atoms with Gasteiger partial charge in [-0.1, -0.05) is 0 Å². The van der Waals surface area contributed by atoms with E-state index < -0.39 is 21.7 Å². The zero-order valence-electron chi connectivity index (χ0n) is 19.5. The van der Waals surface area contributed by atoms with Gasteiger partial charge in [0.15, 0.2) is 0 Å². The minimum absolute atomic E-state index is 0.160. The molecule has 0 radical (unpaired) electrons. The number of nitrogens with two attached hydrogens (primary N) is 1. The summed E-state index contributed by atoms with van der Waals surface area (Å²) in [5.74, 6) is 2.47. The molecular weight excluding hydrogens is 448 g/mol. The van der Waals surface area contributed by atoms with E-state index in [1.807, 2.05) is 4.90 Å². The molecule has 7 aliphatic rings. The van der Waals surface area contributed by atoms with Crippen LogP contribution in [0.2, 0.25) is 0 Å². The summed E-state index contributed by atoms with van der Waals surface area (Å²) in [4.78, 5) is 26.6. The summed E-state index contributed by atoms with van der Waals surface area (Å²) in [5, 5.41) is 0. The van der Waals surface area contributed by atoms with Crippen LogP contribution >= 0.6 is 0 Å². The molecule has 33 heavy (non-hydrogen) atoms. The molecule has 0 aromatic rings. The van der Waals surface area contributed by atoms with Gasteiger partial charge in [-0.25, -0.2) is 0 Å². The van der Waals surface area contributed by atoms with E-state index in [1.165, 1.54) is 32.1 Å². The largest absolute Gasteiger partial charge is 0.341 e. The summed E-state index contributed by atoms with van der Waals surface area (Å²) in [6.07, 6.45) is 12.4. The molecule has 7 rings (SSSR count).